The maximum Gasteiger partial charge on any atom is 0.339 e. The molecule has 3 aromatic carbocycles. The van der Waals surface area contributed by atoms with Crippen molar-refractivity contribution in [2.75, 3.05) is 18.6 Å². The Morgan fingerprint density at radius 3 is 2.26 bits per heavy atom. The molecule has 6 unspecified atom stereocenters. The zero-order chi connectivity index (χ0) is 33.1. The molecule has 0 spiro atoms. The van der Waals surface area contributed by atoms with Gasteiger partial charge in [-0.15, -0.1) is 0 Å². The number of halogens is 3. The molecule has 2 amide bonds. The number of ether oxygens (including phenoxy) is 2. The maximum atomic E-state index is 13.6. The van der Waals surface area contributed by atoms with Gasteiger partial charge < -0.3 is 9.47 Å². The Labute approximate surface area is 296 Å². The van der Waals surface area contributed by atoms with E-state index in [2.05, 4.69) is 47.8 Å². The topological polar surface area (TPSA) is 103 Å². The number of nitrogens with zero attached hydrogens (tertiary/aromatic N) is 2. The van der Waals surface area contributed by atoms with E-state index >= 15 is 0 Å². The van der Waals surface area contributed by atoms with Crippen LogP contribution in [0.4, 0.5) is 5.69 Å². The number of hydrogen-bond donors (Lipinski definition) is 0. The Morgan fingerprint density at radius 1 is 0.936 bits per heavy atom. The summed E-state index contributed by atoms with van der Waals surface area (Å²) in [6.45, 7) is 1.57. The van der Waals surface area contributed by atoms with E-state index in [-0.39, 0.29) is 56.5 Å². The van der Waals surface area contributed by atoms with Gasteiger partial charge in [-0.05, 0) is 72.7 Å². The maximum absolute atomic E-state index is 13.6. The Balaban J connectivity index is 1.19. The van der Waals surface area contributed by atoms with Crippen LogP contribution in [0.1, 0.15) is 39.6 Å². The first-order valence-electron chi connectivity index (χ1n) is 15.3. The zero-order valence-electron chi connectivity index (χ0n) is 25.4. The highest BCUT2D eigenvalue weighted by Crippen LogP contribution is 2.60. The molecule has 4 aromatic rings. The molecule has 240 valence electrons. The molecule has 7 rings (SSSR count). The molecule has 2 saturated carbocycles. The smallest absolute Gasteiger partial charge is 0.339 e. The summed E-state index contributed by atoms with van der Waals surface area (Å²) in [5, 5.41) is 0.597. The van der Waals surface area contributed by atoms with Crippen LogP contribution in [0.2, 0.25) is 0 Å². The van der Waals surface area contributed by atoms with E-state index in [1.54, 1.807) is 54.6 Å². The summed E-state index contributed by atoms with van der Waals surface area (Å²) < 4.78 is 11.6. The lowest BCUT2D eigenvalue weighted by Gasteiger charge is -2.28. The molecule has 6 atom stereocenters. The van der Waals surface area contributed by atoms with E-state index in [0.29, 0.717) is 45.6 Å². The Kier molecular flexibility index (Phi) is 8.59. The van der Waals surface area contributed by atoms with Gasteiger partial charge in [0, 0.05) is 30.6 Å². The largest absolute Gasteiger partial charge is 0.497 e. The SMILES string of the molecule is CCc1cc(Br)cc2c(C(=O)OCC(=O)c3cccc(OC)c3)cc(-c3ccc(N4C(=O)C5C6CC(C(Br)C6Br)C5C4=O)cc3)nc12. The van der Waals surface area contributed by atoms with E-state index < -0.39 is 12.6 Å². The minimum atomic E-state index is -0.656. The summed E-state index contributed by atoms with van der Waals surface area (Å²) in [6, 6.07) is 19.2. The number of aryl methyl sites for hydroxylation is 1. The number of fused-ring (bicyclic) bond motifs is 6. The van der Waals surface area contributed by atoms with Crippen molar-refractivity contribution >= 4 is 87.9 Å². The van der Waals surface area contributed by atoms with Crippen molar-refractivity contribution in [3.05, 3.63) is 87.9 Å². The van der Waals surface area contributed by atoms with Crippen molar-refractivity contribution in [2.24, 2.45) is 23.7 Å². The number of aromatic nitrogens is 1. The quantitative estimate of drug-likeness (QED) is 0.0783. The second-order valence-electron chi connectivity index (χ2n) is 12.2. The molecule has 2 aliphatic carbocycles. The number of carbonyl (C=O) groups is 4. The predicted octanol–water partition coefficient (Wildman–Crippen LogP) is 7.56. The van der Waals surface area contributed by atoms with Crippen LogP contribution < -0.4 is 9.64 Å². The third kappa shape index (κ3) is 5.44. The van der Waals surface area contributed by atoms with Crippen LogP contribution in [0.3, 0.4) is 0 Å². The van der Waals surface area contributed by atoms with E-state index in [0.717, 1.165) is 16.5 Å². The molecule has 11 heteroatoms. The number of benzene rings is 3. The summed E-state index contributed by atoms with van der Waals surface area (Å²) in [5.74, 6) is -1.10. The highest BCUT2D eigenvalue weighted by Gasteiger charge is 2.66. The van der Waals surface area contributed by atoms with Gasteiger partial charge in [-0.2, -0.15) is 0 Å². The summed E-state index contributed by atoms with van der Waals surface area (Å²) in [5.41, 5.74) is 3.95. The second kappa shape index (κ2) is 12.6. The number of rotatable bonds is 8. The van der Waals surface area contributed by atoms with Crippen LogP contribution in [0, 0.1) is 23.7 Å². The number of pyridine rings is 1. The molecule has 2 heterocycles. The molecule has 3 aliphatic rings. The van der Waals surface area contributed by atoms with Crippen molar-refractivity contribution in [1.82, 2.24) is 4.98 Å². The van der Waals surface area contributed by atoms with Gasteiger partial charge in [0.25, 0.3) is 0 Å². The predicted molar refractivity (Wildman–Crippen MR) is 188 cm³/mol. The highest BCUT2D eigenvalue weighted by atomic mass is 79.9. The molecular formula is C36H29Br3N2O6. The van der Waals surface area contributed by atoms with E-state index in [1.807, 2.05) is 19.1 Å². The van der Waals surface area contributed by atoms with Crippen molar-refractivity contribution in [3.8, 4) is 17.0 Å². The summed E-state index contributed by atoms with van der Waals surface area (Å²) in [7, 11) is 1.52. The van der Waals surface area contributed by atoms with Crippen molar-refractivity contribution in [1.29, 1.82) is 0 Å². The molecule has 2 bridgehead atoms. The van der Waals surface area contributed by atoms with Gasteiger partial charge in [0.05, 0.1) is 41.4 Å². The van der Waals surface area contributed by atoms with E-state index in [4.69, 9.17) is 14.5 Å². The molecule has 3 fully saturated rings. The summed E-state index contributed by atoms with van der Waals surface area (Å²) >= 11 is 11.0. The van der Waals surface area contributed by atoms with Gasteiger partial charge >= 0.3 is 5.97 Å². The standard InChI is InChI=1S/C36H29Br3N2O6/c1-3-17-11-20(37)13-23-24(36(45)47-16-28(42)19-5-4-6-22(12-19)46-2)15-27(40-33(17)23)18-7-9-21(10-8-18)41-34(43)29-25-14-26(30(29)35(41)44)32(39)31(25)38/h4-13,15,25-26,29-32H,3,14,16H2,1-2H3. The fourth-order valence-corrected chi connectivity index (χ4v) is 9.80. The van der Waals surface area contributed by atoms with Gasteiger partial charge in [-0.1, -0.05) is 79.0 Å². The fraction of sp³-hybridized carbons (Fsp3) is 0.306. The number of amides is 2. The van der Waals surface area contributed by atoms with Crippen LogP contribution in [0.5, 0.6) is 5.75 Å². The number of hydrogen-bond acceptors (Lipinski definition) is 7. The molecular weight excluding hydrogens is 796 g/mol. The zero-order valence-corrected chi connectivity index (χ0v) is 30.2. The third-order valence-electron chi connectivity index (χ3n) is 9.69. The van der Waals surface area contributed by atoms with Gasteiger partial charge in [0.15, 0.2) is 12.4 Å². The summed E-state index contributed by atoms with van der Waals surface area (Å²) in [4.78, 5) is 60.2. The molecule has 47 heavy (non-hydrogen) atoms. The molecule has 1 saturated heterocycles. The average molecular weight is 825 g/mol. The van der Waals surface area contributed by atoms with Crippen molar-refractivity contribution in [2.45, 2.75) is 29.4 Å². The van der Waals surface area contributed by atoms with Gasteiger partial charge in [0.1, 0.15) is 5.75 Å². The van der Waals surface area contributed by atoms with Crippen molar-refractivity contribution in [3.63, 3.8) is 0 Å². The first kappa shape index (κ1) is 32.2. The fourth-order valence-electron chi connectivity index (χ4n) is 7.42. The minimum absolute atomic E-state index is 0.133. The normalized spacial score (nSPS) is 24.6. The average Bonchev–Trinajstić information content (AvgIpc) is 3.70. The second-order valence-corrected chi connectivity index (χ2v) is 15.2. The highest BCUT2D eigenvalue weighted by molar-refractivity contribution is 9.12. The number of alkyl halides is 2. The lowest BCUT2D eigenvalue weighted by molar-refractivity contribution is -0.123. The number of carbonyl (C=O) groups excluding carboxylic acids is 4. The van der Waals surface area contributed by atoms with Crippen LogP contribution in [0.25, 0.3) is 22.2 Å². The number of methoxy groups -OCH3 is 1. The number of ketones is 1. The minimum Gasteiger partial charge on any atom is -0.497 e. The summed E-state index contributed by atoms with van der Waals surface area (Å²) in [6.07, 6.45) is 1.54. The Hall–Kier alpha value is -3.41. The molecule has 0 N–H and O–H groups in total. The number of anilines is 1. The lowest BCUT2D eigenvalue weighted by Crippen LogP contribution is -2.37. The van der Waals surface area contributed by atoms with Crippen molar-refractivity contribution < 1.29 is 28.7 Å². The first-order chi connectivity index (χ1) is 22.6. The molecule has 8 nitrogen and oxygen atoms in total. The monoisotopic (exact) mass is 822 g/mol. The van der Waals surface area contributed by atoms with Gasteiger partial charge in [0.2, 0.25) is 11.8 Å². The Bertz CT molecular complexity index is 1930. The lowest BCUT2D eigenvalue weighted by atomic mass is 9.81. The van der Waals surface area contributed by atoms with Crippen LogP contribution in [-0.4, -0.2) is 51.9 Å². The van der Waals surface area contributed by atoms with E-state index in [9.17, 15) is 19.2 Å². The van der Waals surface area contributed by atoms with Crippen LogP contribution in [0.15, 0.2) is 71.2 Å². The van der Waals surface area contributed by atoms with Gasteiger partial charge in [-0.3, -0.25) is 19.3 Å². The van der Waals surface area contributed by atoms with Crippen LogP contribution in [-0.2, 0) is 20.7 Å². The molecule has 1 aliphatic heterocycles. The Morgan fingerprint density at radius 2 is 1.62 bits per heavy atom. The number of esters is 1. The molecule has 0 radical (unpaired) electrons. The number of imide groups is 1. The molecule has 1 aromatic heterocycles. The van der Waals surface area contributed by atoms with E-state index in [1.165, 1.54) is 12.0 Å². The number of Topliss-reactive ketones (excluding diaryl/α,β-unsaturated/α-hetero) is 1. The first-order valence-corrected chi connectivity index (χ1v) is 18.0. The third-order valence-corrected chi connectivity index (χ3v) is 13.4. The van der Waals surface area contributed by atoms with Gasteiger partial charge in [-0.25, -0.2) is 9.78 Å². The van der Waals surface area contributed by atoms with Crippen LogP contribution >= 0.6 is 47.8 Å².